The highest BCUT2D eigenvalue weighted by molar-refractivity contribution is 5.87. The molecule has 0 aliphatic rings. The Kier molecular flexibility index (Phi) is 3.53. The Morgan fingerprint density at radius 3 is 2.71 bits per heavy atom. The van der Waals surface area contributed by atoms with Crippen molar-refractivity contribution in [3.8, 4) is 5.69 Å². The molecule has 1 aromatic carbocycles. The fraction of sp³-hybridized carbons (Fsp3) is 0.267. The third-order valence-electron chi connectivity index (χ3n) is 3.68. The monoisotopic (exact) mass is 282 g/mol. The molecule has 2 N–H and O–H groups in total. The van der Waals surface area contributed by atoms with Gasteiger partial charge in [0.1, 0.15) is 12.1 Å². The third kappa shape index (κ3) is 2.34. The van der Waals surface area contributed by atoms with Crippen LogP contribution < -0.4 is 10.6 Å². The summed E-state index contributed by atoms with van der Waals surface area (Å²) in [6.45, 7) is 2.63. The quantitative estimate of drug-likeness (QED) is 0.787. The van der Waals surface area contributed by atoms with E-state index in [9.17, 15) is 0 Å². The molecule has 0 amide bonds. The molecule has 0 aliphatic heterocycles. The van der Waals surface area contributed by atoms with Crippen LogP contribution in [0.5, 0.6) is 0 Å². The molecule has 3 aromatic rings. The summed E-state index contributed by atoms with van der Waals surface area (Å²) in [5, 5.41) is 5.37. The van der Waals surface area contributed by atoms with Crippen LogP contribution in [0.1, 0.15) is 6.92 Å². The number of benzene rings is 1. The smallest absolute Gasteiger partial charge is 0.168 e. The van der Waals surface area contributed by atoms with Crippen molar-refractivity contribution in [1.29, 1.82) is 0 Å². The van der Waals surface area contributed by atoms with Gasteiger partial charge in [0.05, 0.1) is 17.3 Å². The topological polar surface area (TPSA) is 72.9 Å². The average molecular weight is 282 g/mol. The molecule has 0 saturated heterocycles. The molecule has 6 heteroatoms. The Hall–Kier alpha value is -2.47. The average Bonchev–Trinajstić information content (AvgIpc) is 2.98. The van der Waals surface area contributed by atoms with Gasteiger partial charge in [0, 0.05) is 19.6 Å². The van der Waals surface area contributed by atoms with Gasteiger partial charge in [-0.05, 0) is 19.1 Å². The first-order chi connectivity index (χ1) is 10.2. The first-order valence-electron chi connectivity index (χ1n) is 6.89. The Bertz CT molecular complexity index is 736. The maximum Gasteiger partial charge on any atom is 0.168 e. The van der Waals surface area contributed by atoms with Gasteiger partial charge in [0.25, 0.3) is 0 Å². The van der Waals surface area contributed by atoms with Gasteiger partial charge < -0.3 is 10.6 Å². The summed E-state index contributed by atoms with van der Waals surface area (Å²) >= 11 is 0. The highest BCUT2D eigenvalue weighted by atomic mass is 15.3. The SMILES string of the molecule is CC(CN)N(C)c1ncnc2c1cnn2-c1ccccc1. The predicted octanol–water partition coefficient (Wildman–Crippen LogP) is 1.60. The number of hydrogen-bond donors (Lipinski definition) is 1. The van der Waals surface area contributed by atoms with E-state index in [1.807, 2.05) is 42.1 Å². The summed E-state index contributed by atoms with van der Waals surface area (Å²) in [6.07, 6.45) is 3.37. The molecule has 1 atom stereocenters. The number of nitrogens with zero attached hydrogens (tertiary/aromatic N) is 5. The van der Waals surface area contributed by atoms with Crippen molar-refractivity contribution < 1.29 is 0 Å². The zero-order chi connectivity index (χ0) is 14.8. The van der Waals surface area contributed by atoms with E-state index in [1.165, 1.54) is 0 Å². The van der Waals surface area contributed by atoms with Gasteiger partial charge in [-0.15, -0.1) is 0 Å². The Morgan fingerprint density at radius 2 is 2.00 bits per heavy atom. The summed E-state index contributed by atoms with van der Waals surface area (Å²) in [7, 11) is 1.99. The van der Waals surface area contributed by atoms with Crippen molar-refractivity contribution >= 4 is 16.9 Å². The van der Waals surface area contributed by atoms with E-state index >= 15 is 0 Å². The van der Waals surface area contributed by atoms with E-state index < -0.39 is 0 Å². The van der Waals surface area contributed by atoms with Crippen molar-refractivity contribution in [3.63, 3.8) is 0 Å². The van der Waals surface area contributed by atoms with Crippen LogP contribution in [0.2, 0.25) is 0 Å². The van der Waals surface area contributed by atoms with E-state index in [4.69, 9.17) is 5.73 Å². The van der Waals surface area contributed by atoms with Crippen LogP contribution in [0.15, 0.2) is 42.9 Å². The van der Waals surface area contributed by atoms with Gasteiger partial charge in [-0.1, -0.05) is 18.2 Å². The lowest BCUT2D eigenvalue weighted by atomic mass is 10.2. The number of fused-ring (bicyclic) bond motifs is 1. The van der Waals surface area contributed by atoms with Gasteiger partial charge in [0.15, 0.2) is 5.65 Å². The van der Waals surface area contributed by atoms with E-state index in [2.05, 4.69) is 26.9 Å². The van der Waals surface area contributed by atoms with E-state index in [0.29, 0.717) is 6.54 Å². The molecule has 2 aromatic heterocycles. The minimum absolute atomic E-state index is 0.197. The Morgan fingerprint density at radius 1 is 1.24 bits per heavy atom. The third-order valence-corrected chi connectivity index (χ3v) is 3.68. The van der Waals surface area contributed by atoms with Gasteiger partial charge in [0.2, 0.25) is 0 Å². The number of nitrogens with two attached hydrogens (primary N) is 1. The van der Waals surface area contributed by atoms with Crippen LogP contribution in [-0.2, 0) is 0 Å². The molecule has 108 valence electrons. The van der Waals surface area contributed by atoms with Crippen LogP contribution in [0.3, 0.4) is 0 Å². The summed E-state index contributed by atoms with van der Waals surface area (Å²) in [5.74, 6) is 0.847. The van der Waals surface area contributed by atoms with Crippen LogP contribution in [0.4, 0.5) is 5.82 Å². The molecule has 0 bridgehead atoms. The predicted molar refractivity (Wildman–Crippen MR) is 83.6 cm³/mol. The van der Waals surface area contributed by atoms with Gasteiger partial charge in [-0.3, -0.25) is 0 Å². The number of para-hydroxylation sites is 1. The minimum Gasteiger partial charge on any atom is -0.355 e. The van der Waals surface area contributed by atoms with Crippen LogP contribution in [-0.4, -0.2) is 39.4 Å². The van der Waals surface area contributed by atoms with E-state index in [1.54, 1.807) is 12.5 Å². The summed E-state index contributed by atoms with van der Waals surface area (Å²) in [6, 6.07) is 10.1. The van der Waals surface area contributed by atoms with Gasteiger partial charge in [-0.2, -0.15) is 5.10 Å². The molecule has 1 unspecified atom stereocenters. The summed E-state index contributed by atoms with van der Waals surface area (Å²) < 4.78 is 1.82. The first-order valence-corrected chi connectivity index (χ1v) is 6.89. The fourth-order valence-electron chi connectivity index (χ4n) is 2.24. The number of hydrogen-bond acceptors (Lipinski definition) is 5. The molecule has 0 saturated carbocycles. The van der Waals surface area contributed by atoms with Crippen molar-refractivity contribution in [2.24, 2.45) is 5.73 Å². The zero-order valence-corrected chi connectivity index (χ0v) is 12.1. The second-order valence-electron chi connectivity index (χ2n) is 5.02. The highest BCUT2D eigenvalue weighted by Crippen LogP contribution is 2.24. The van der Waals surface area contributed by atoms with Crippen molar-refractivity contribution in [1.82, 2.24) is 19.7 Å². The Balaban J connectivity index is 2.13. The first kappa shape index (κ1) is 13.5. The molecule has 21 heavy (non-hydrogen) atoms. The van der Waals surface area contributed by atoms with E-state index in [-0.39, 0.29) is 6.04 Å². The lowest BCUT2D eigenvalue weighted by molar-refractivity contribution is 0.689. The van der Waals surface area contributed by atoms with Crippen LogP contribution in [0, 0.1) is 0 Å². The molecule has 6 nitrogen and oxygen atoms in total. The van der Waals surface area contributed by atoms with Crippen molar-refractivity contribution in [3.05, 3.63) is 42.9 Å². The van der Waals surface area contributed by atoms with Crippen LogP contribution >= 0.6 is 0 Å². The molecule has 0 fully saturated rings. The number of likely N-dealkylation sites (N-methyl/N-ethyl adjacent to an activating group) is 1. The molecular formula is C15H18N6. The maximum absolute atomic E-state index is 5.74. The largest absolute Gasteiger partial charge is 0.355 e. The van der Waals surface area contributed by atoms with Crippen molar-refractivity contribution in [2.45, 2.75) is 13.0 Å². The molecule has 2 heterocycles. The Labute approximate surface area is 123 Å². The second kappa shape index (κ2) is 5.49. The van der Waals surface area contributed by atoms with Crippen molar-refractivity contribution in [2.75, 3.05) is 18.5 Å². The van der Waals surface area contributed by atoms with Gasteiger partial charge in [-0.25, -0.2) is 14.6 Å². The lowest BCUT2D eigenvalue weighted by Gasteiger charge is -2.24. The zero-order valence-electron chi connectivity index (χ0n) is 12.1. The molecule has 3 rings (SSSR count). The molecule has 0 spiro atoms. The second-order valence-corrected chi connectivity index (χ2v) is 5.02. The minimum atomic E-state index is 0.197. The molecule has 0 aliphatic carbocycles. The molecule has 0 radical (unpaired) electrons. The standard InChI is InChI=1S/C15H18N6/c1-11(8-16)20(2)14-13-9-19-21(15(13)18-10-17-14)12-6-4-3-5-7-12/h3-7,9-11H,8,16H2,1-2H3. The highest BCUT2D eigenvalue weighted by Gasteiger charge is 2.16. The van der Waals surface area contributed by atoms with Gasteiger partial charge >= 0.3 is 0 Å². The summed E-state index contributed by atoms with van der Waals surface area (Å²) in [4.78, 5) is 10.8. The van der Waals surface area contributed by atoms with Crippen LogP contribution in [0.25, 0.3) is 16.7 Å². The number of anilines is 1. The molecular weight excluding hydrogens is 264 g/mol. The summed E-state index contributed by atoms with van der Waals surface area (Å²) in [5.41, 5.74) is 7.52. The number of aromatic nitrogens is 4. The lowest BCUT2D eigenvalue weighted by Crippen LogP contribution is -2.35. The maximum atomic E-state index is 5.74. The van der Waals surface area contributed by atoms with E-state index in [0.717, 1.165) is 22.5 Å². The fourth-order valence-corrected chi connectivity index (χ4v) is 2.24. The normalized spacial score (nSPS) is 12.5. The number of rotatable bonds is 4.